The molecule has 0 saturated carbocycles. The van der Waals surface area contributed by atoms with Crippen molar-refractivity contribution in [1.82, 2.24) is 10.3 Å². The van der Waals surface area contributed by atoms with Crippen LogP contribution < -0.4 is 10.2 Å². The Morgan fingerprint density at radius 2 is 2.00 bits per heavy atom. The van der Waals surface area contributed by atoms with E-state index in [1.807, 2.05) is 61.7 Å². The maximum atomic E-state index is 13.3. The van der Waals surface area contributed by atoms with Crippen LogP contribution in [0.2, 0.25) is 0 Å². The van der Waals surface area contributed by atoms with Gasteiger partial charge in [0.2, 0.25) is 0 Å². The summed E-state index contributed by atoms with van der Waals surface area (Å²) >= 11 is 1.62. The normalized spacial score (nSPS) is 13.7. The molecule has 0 saturated heterocycles. The van der Waals surface area contributed by atoms with Crippen LogP contribution in [0, 0.1) is 13.8 Å². The van der Waals surface area contributed by atoms with Gasteiger partial charge in [0, 0.05) is 13.1 Å². The molecule has 1 N–H and O–H groups in total. The van der Waals surface area contributed by atoms with E-state index in [4.69, 9.17) is 0 Å². The molecule has 0 fully saturated rings. The van der Waals surface area contributed by atoms with Crippen LogP contribution in [0.3, 0.4) is 0 Å². The second-order valence-electron chi connectivity index (χ2n) is 6.49. The molecule has 3 heterocycles. The minimum Gasteiger partial charge on any atom is -0.350 e. The van der Waals surface area contributed by atoms with Crippen LogP contribution in [0.15, 0.2) is 47.8 Å². The monoisotopic (exact) mass is 377 g/mol. The second-order valence-corrected chi connectivity index (χ2v) is 7.44. The van der Waals surface area contributed by atoms with Crippen molar-refractivity contribution in [3.63, 3.8) is 0 Å². The molecule has 2 aromatic heterocycles. The molecule has 2 amide bonds. The molecule has 0 radical (unpaired) electrons. The molecule has 1 aliphatic heterocycles. The van der Waals surface area contributed by atoms with Crippen LogP contribution in [-0.4, -0.2) is 29.9 Å². The van der Waals surface area contributed by atoms with Crippen molar-refractivity contribution in [2.75, 3.05) is 18.0 Å². The molecule has 5 nitrogen and oxygen atoms in total. The third kappa shape index (κ3) is 3.13. The van der Waals surface area contributed by atoms with Gasteiger partial charge in [0.05, 0.1) is 33.1 Å². The zero-order valence-corrected chi connectivity index (χ0v) is 16.0. The molecule has 0 atom stereocenters. The minimum atomic E-state index is -0.138. The molecular formula is C21H19N3O2S. The number of hydrogen-bond acceptors (Lipinski definition) is 4. The lowest BCUT2D eigenvalue weighted by Gasteiger charge is -2.23. The number of fused-ring (bicyclic) bond motifs is 1. The fourth-order valence-corrected chi connectivity index (χ4v) is 4.06. The van der Waals surface area contributed by atoms with Crippen molar-refractivity contribution in [3.8, 4) is 10.6 Å². The summed E-state index contributed by atoms with van der Waals surface area (Å²) in [5.74, 6) is -0.276. The number of carbonyl (C=O) groups is 2. The third-order valence-electron chi connectivity index (χ3n) is 4.72. The van der Waals surface area contributed by atoms with Gasteiger partial charge in [-0.05, 0) is 49.1 Å². The average Bonchev–Trinajstić information content (AvgIpc) is 3.13. The first-order valence-electron chi connectivity index (χ1n) is 8.77. The highest BCUT2D eigenvalue weighted by Crippen LogP contribution is 2.28. The number of amides is 2. The number of pyridine rings is 1. The Morgan fingerprint density at radius 1 is 1.15 bits per heavy atom. The largest absolute Gasteiger partial charge is 0.350 e. The number of rotatable bonds is 2. The lowest BCUT2D eigenvalue weighted by Crippen LogP contribution is -2.35. The third-order valence-corrected chi connectivity index (χ3v) is 5.62. The first kappa shape index (κ1) is 17.4. The van der Waals surface area contributed by atoms with E-state index in [9.17, 15) is 9.59 Å². The molecule has 27 heavy (non-hydrogen) atoms. The Morgan fingerprint density at radius 3 is 2.74 bits per heavy atom. The van der Waals surface area contributed by atoms with Gasteiger partial charge in [-0.25, -0.2) is 0 Å². The Labute approximate surface area is 161 Å². The molecule has 3 aromatic rings. The van der Waals surface area contributed by atoms with Gasteiger partial charge in [0.15, 0.2) is 0 Å². The van der Waals surface area contributed by atoms with Gasteiger partial charge in [-0.15, -0.1) is 11.3 Å². The minimum absolute atomic E-state index is 0.138. The Balaban J connectivity index is 1.74. The number of anilines is 1. The van der Waals surface area contributed by atoms with E-state index in [0.29, 0.717) is 35.6 Å². The standard InChI is InChI=1S/C21H19N3O2S/c1-13-5-3-6-17-19(13)20(25)22-10-11-24(17)21(26)15-8-9-16(23-14(15)2)18-7-4-12-27-18/h3-9,12H,10-11H2,1-2H3,(H,22,25). The summed E-state index contributed by atoms with van der Waals surface area (Å²) in [7, 11) is 0. The van der Waals surface area contributed by atoms with Crippen LogP contribution in [0.5, 0.6) is 0 Å². The number of nitrogens with one attached hydrogen (secondary N) is 1. The number of thiophene rings is 1. The maximum absolute atomic E-state index is 13.3. The number of aryl methyl sites for hydroxylation is 2. The summed E-state index contributed by atoms with van der Waals surface area (Å²) in [6, 6.07) is 13.3. The molecule has 0 bridgehead atoms. The number of aromatic nitrogens is 1. The number of nitrogens with zero attached hydrogens (tertiary/aromatic N) is 2. The van der Waals surface area contributed by atoms with Crippen LogP contribution in [0.4, 0.5) is 5.69 Å². The molecule has 1 aromatic carbocycles. The van der Waals surface area contributed by atoms with E-state index in [2.05, 4.69) is 10.3 Å². The fourth-order valence-electron chi connectivity index (χ4n) is 3.37. The van der Waals surface area contributed by atoms with Crippen molar-refractivity contribution in [2.24, 2.45) is 0 Å². The first-order chi connectivity index (χ1) is 13.1. The highest BCUT2D eigenvalue weighted by Gasteiger charge is 2.28. The molecule has 0 spiro atoms. The van der Waals surface area contributed by atoms with Gasteiger partial charge < -0.3 is 10.2 Å². The van der Waals surface area contributed by atoms with Gasteiger partial charge in [-0.3, -0.25) is 14.6 Å². The summed E-state index contributed by atoms with van der Waals surface area (Å²) in [6.45, 7) is 4.57. The van der Waals surface area contributed by atoms with Crippen molar-refractivity contribution in [3.05, 3.63) is 70.2 Å². The van der Waals surface area contributed by atoms with E-state index in [0.717, 1.165) is 16.1 Å². The predicted molar refractivity (Wildman–Crippen MR) is 107 cm³/mol. The highest BCUT2D eigenvalue weighted by molar-refractivity contribution is 7.13. The number of carbonyl (C=O) groups excluding carboxylic acids is 2. The van der Waals surface area contributed by atoms with Crippen molar-refractivity contribution >= 4 is 28.8 Å². The SMILES string of the molecule is Cc1cccc2c1C(=O)NCCN2C(=O)c1ccc(-c2cccs2)nc1C. The predicted octanol–water partition coefficient (Wildman–Crippen LogP) is 3.82. The van der Waals surface area contributed by atoms with Crippen molar-refractivity contribution in [1.29, 1.82) is 0 Å². The summed E-state index contributed by atoms with van der Waals surface area (Å²) < 4.78 is 0. The van der Waals surface area contributed by atoms with Gasteiger partial charge in [-0.1, -0.05) is 18.2 Å². The van der Waals surface area contributed by atoms with Gasteiger partial charge in [-0.2, -0.15) is 0 Å². The summed E-state index contributed by atoms with van der Waals surface area (Å²) in [5, 5.41) is 4.88. The van der Waals surface area contributed by atoms with Crippen molar-refractivity contribution < 1.29 is 9.59 Å². The highest BCUT2D eigenvalue weighted by atomic mass is 32.1. The Hall–Kier alpha value is -2.99. The zero-order valence-electron chi connectivity index (χ0n) is 15.2. The van der Waals surface area contributed by atoms with E-state index in [1.165, 1.54) is 0 Å². The van der Waals surface area contributed by atoms with Gasteiger partial charge >= 0.3 is 0 Å². The Bertz CT molecular complexity index is 1030. The smallest absolute Gasteiger partial charge is 0.260 e. The van der Waals surface area contributed by atoms with Gasteiger partial charge in [0.25, 0.3) is 11.8 Å². The topological polar surface area (TPSA) is 62.3 Å². The fraction of sp³-hybridized carbons (Fsp3) is 0.190. The summed E-state index contributed by atoms with van der Waals surface area (Å²) in [6.07, 6.45) is 0. The molecule has 0 aliphatic carbocycles. The van der Waals surface area contributed by atoms with Crippen molar-refractivity contribution in [2.45, 2.75) is 13.8 Å². The molecule has 1 aliphatic rings. The van der Waals surface area contributed by atoms with Crippen LogP contribution in [0.25, 0.3) is 10.6 Å². The molecule has 4 rings (SSSR count). The van der Waals surface area contributed by atoms with E-state index in [1.54, 1.807) is 16.2 Å². The van der Waals surface area contributed by atoms with Crippen LogP contribution in [0.1, 0.15) is 32.0 Å². The lowest BCUT2D eigenvalue weighted by molar-refractivity contribution is 0.0953. The van der Waals surface area contributed by atoms with Gasteiger partial charge in [0.1, 0.15) is 0 Å². The second kappa shape index (κ2) is 6.96. The van der Waals surface area contributed by atoms with E-state index in [-0.39, 0.29) is 11.8 Å². The quantitative estimate of drug-likeness (QED) is 0.739. The summed E-state index contributed by atoms with van der Waals surface area (Å²) in [5.41, 5.74) is 4.16. The number of hydrogen-bond donors (Lipinski definition) is 1. The molecule has 0 unspecified atom stereocenters. The van der Waals surface area contributed by atoms with Crippen LogP contribution in [-0.2, 0) is 0 Å². The van der Waals surface area contributed by atoms with E-state index >= 15 is 0 Å². The lowest BCUT2D eigenvalue weighted by atomic mass is 10.0. The first-order valence-corrected chi connectivity index (χ1v) is 9.65. The molecule has 6 heteroatoms. The maximum Gasteiger partial charge on any atom is 0.260 e. The Kier molecular flexibility index (Phi) is 4.49. The van der Waals surface area contributed by atoms with E-state index < -0.39 is 0 Å². The zero-order chi connectivity index (χ0) is 19.0. The molecule has 136 valence electrons. The number of benzene rings is 1. The average molecular weight is 377 g/mol. The summed E-state index contributed by atoms with van der Waals surface area (Å²) in [4.78, 5) is 33.1. The van der Waals surface area contributed by atoms with Crippen LogP contribution >= 0.6 is 11.3 Å². The molecular weight excluding hydrogens is 358 g/mol.